The van der Waals surface area contributed by atoms with Crippen molar-refractivity contribution in [3.05, 3.63) is 71.8 Å². The Bertz CT molecular complexity index is 1080. The van der Waals surface area contributed by atoms with Crippen LogP contribution in [0.25, 0.3) is 10.9 Å². The number of nitrogens with zero attached hydrogens (tertiary/aromatic N) is 4. The van der Waals surface area contributed by atoms with E-state index in [9.17, 15) is 0 Å². The third-order valence-electron chi connectivity index (χ3n) is 6.50. The maximum atomic E-state index is 4.77. The normalized spacial score (nSPS) is 18.9. The van der Waals surface area contributed by atoms with Crippen LogP contribution < -0.4 is 15.5 Å². The highest BCUT2D eigenvalue weighted by Crippen LogP contribution is 2.22. The molecule has 1 saturated heterocycles. The van der Waals surface area contributed by atoms with E-state index < -0.39 is 0 Å². The van der Waals surface area contributed by atoms with Crippen LogP contribution in [0.1, 0.15) is 30.9 Å². The van der Waals surface area contributed by atoms with Gasteiger partial charge in [-0.25, -0.2) is 4.98 Å². The number of halogens is 1. The van der Waals surface area contributed by atoms with Gasteiger partial charge in [0.2, 0.25) is 0 Å². The molecule has 182 valence electrons. The summed E-state index contributed by atoms with van der Waals surface area (Å²) in [6, 6.07) is 22.2. The summed E-state index contributed by atoms with van der Waals surface area (Å²) in [5.74, 6) is 1.82. The molecule has 4 rings (SSSR count). The van der Waals surface area contributed by atoms with Crippen LogP contribution in [-0.2, 0) is 13.1 Å². The molecule has 3 aromatic rings. The molecule has 0 aliphatic carbocycles. The molecular weight excluding hydrogens is 535 g/mol. The number of para-hydroxylation sites is 1. The van der Waals surface area contributed by atoms with Crippen LogP contribution >= 0.6 is 24.0 Å². The van der Waals surface area contributed by atoms with Crippen molar-refractivity contribution in [2.45, 2.75) is 44.9 Å². The molecule has 6 nitrogen and oxygen atoms in total. The minimum Gasteiger partial charge on any atom is -0.363 e. The van der Waals surface area contributed by atoms with E-state index >= 15 is 0 Å². The molecule has 1 aromatic heterocycles. The van der Waals surface area contributed by atoms with Gasteiger partial charge in [0.25, 0.3) is 0 Å². The number of pyridine rings is 1. The quantitative estimate of drug-likeness (QED) is 0.256. The van der Waals surface area contributed by atoms with Crippen LogP contribution in [-0.4, -0.2) is 55.6 Å². The molecule has 0 radical (unpaired) electrons. The first-order chi connectivity index (χ1) is 16.0. The average Bonchev–Trinajstić information content (AvgIpc) is 2.83. The van der Waals surface area contributed by atoms with E-state index in [1.807, 2.05) is 32.1 Å². The second-order valence-corrected chi connectivity index (χ2v) is 9.15. The zero-order valence-corrected chi connectivity index (χ0v) is 23.0. The topological polar surface area (TPSA) is 55.8 Å². The van der Waals surface area contributed by atoms with Gasteiger partial charge in [0.05, 0.1) is 5.52 Å². The van der Waals surface area contributed by atoms with Gasteiger partial charge >= 0.3 is 0 Å². The van der Waals surface area contributed by atoms with E-state index in [0.717, 1.165) is 43.2 Å². The molecular formula is C27H37IN6. The number of fused-ring (bicyclic) bond motifs is 1. The highest BCUT2D eigenvalue weighted by molar-refractivity contribution is 14.0. The van der Waals surface area contributed by atoms with E-state index in [4.69, 9.17) is 4.98 Å². The van der Waals surface area contributed by atoms with Crippen molar-refractivity contribution >= 4 is 46.7 Å². The zero-order valence-electron chi connectivity index (χ0n) is 20.7. The lowest BCUT2D eigenvalue weighted by atomic mass is 9.97. The van der Waals surface area contributed by atoms with Gasteiger partial charge in [-0.3, -0.25) is 9.89 Å². The Morgan fingerprint density at radius 2 is 1.85 bits per heavy atom. The molecule has 2 heterocycles. The predicted octanol–water partition coefficient (Wildman–Crippen LogP) is 4.64. The number of piperidine rings is 1. The fraction of sp³-hybridized carbons (Fsp3) is 0.407. The first-order valence-electron chi connectivity index (χ1n) is 11.8. The number of rotatable bonds is 6. The number of aromatic nitrogens is 1. The Labute approximate surface area is 220 Å². The van der Waals surface area contributed by atoms with Gasteiger partial charge in [-0.1, -0.05) is 48.5 Å². The fourth-order valence-corrected chi connectivity index (χ4v) is 4.58. The summed E-state index contributed by atoms with van der Waals surface area (Å²) in [6.45, 7) is 5.14. The molecule has 2 aromatic carbocycles. The first-order valence-corrected chi connectivity index (χ1v) is 11.8. The Morgan fingerprint density at radius 1 is 1.12 bits per heavy atom. The summed E-state index contributed by atoms with van der Waals surface area (Å²) < 4.78 is 0. The van der Waals surface area contributed by atoms with Crippen LogP contribution in [0, 0.1) is 0 Å². The summed E-state index contributed by atoms with van der Waals surface area (Å²) in [5.41, 5.74) is 3.62. The third kappa shape index (κ3) is 6.60. The van der Waals surface area contributed by atoms with Crippen LogP contribution in [0.5, 0.6) is 0 Å². The minimum absolute atomic E-state index is 0. The molecule has 0 saturated carbocycles. The number of hydrogen-bond acceptors (Lipinski definition) is 4. The highest BCUT2D eigenvalue weighted by atomic mass is 127. The second kappa shape index (κ2) is 12.4. The zero-order chi connectivity index (χ0) is 23.2. The van der Waals surface area contributed by atoms with Gasteiger partial charge in [0, 0.05) is 58.2 Å². The molecule has 2 N–H and O–H groups in total. The van der Waals surface area contributed by atoms with Gasteiger partial charge in [-0.05, 0) is 43.0 Å². The van der Waals surface area contributed by atoms with Gasteiger partial charge in [0.15, 0.2) is 5.96 Å². The molecule has 2 unspecified atom stereocenters. The number of benzene rings is 2. The van der Waals surface area contributed by atoms with Crippen molar-refractivity contribution in [3.8, 4) is 0 Å². The Balaban J connectivity index is 0.00000324. The summed E-state index contributed by atoms with van der Waals surface area (Å²) in [7, 11) is 5.90. The smallest absolute Gasteiger partial charge is 0.191 e. The highest BCUT2D eigenvalue weighted by Gasteiger charge is 2.26. The van der Waals surface area contributed by atoms with Crippen molar-refractivity contribution in [2.24, 2.45) is 4.99 Å². The second-order valence-electron chi connectivity index (χ2n) is 9.15. The number of hydrogen-bond donors (Lipinski definition) is 2. The van der Waals surface area contributed by atoms with Gasteiger partial charge in [0.1, 0.15) is 5.82 Å². The van der Waals surface area contributed by atoms with Gasteiger partial charge in [-0.15, -0.1) is 24.0 Å². The van der Waals surface area contributed by atoms with Crippen molar-refractivity contribution in [3.63, 3.8) is 0 Å². The largest absolute Gasteiger partial charge is 0.363 e. The molecule has 0 bridgehead atoms. The van der Waals surface area contributed by atoms with Crippen LogP contribution in [0.15, 0.2) is 65.7 Å². The van der Waals surface area contributed by atoms with Gasteiger partial charge < -0.3 is 15.5 Å². The molecule has 1 fully saturated rings. The Kier molecular flexibility index (Phi) is 9.53. The predicted molar refractivity (Wildman–Crippen MR) is 154 cm³/mol. The molecule has 2 atom stereocenters. The summed E-state index contributed by atoms with van der Waals surface area (Å²) in [4.78, 5) is 13.9. The van der Waals surface area contributed by atoms with E-state index in [1.165, 1.54) is 16.5 Å². The number of guanidine groups is 1. The molecule has 7 heteroatoms. The van der Waals surface area contributed by atoms with Crippen molar-refractivity contribution in [2.75, 3.05) is 32.6 Å². The van der Waals surface area contributed by atoms with Gasteiger partial charge in [-0.2, -0.15) is 0 Å². The number of aliphatic imine (C=N–C) groups is 1. The monoisotopic (exact) mass is 572 g/mol. The van der Waals surface area contributed by atoms with Crippen molar-refractivity contribution in [1.29, 1.82) is 0 Å². The van der Waals surface area contributed by atoms with Crippen LogP contribution in [0.2, 0.25) is 0 Å². The summed E-state index contributed by atoms with van der Waals surface area (Å²) in [5, 5.41) is 8.37. The van der Waals surface area contributed by atoms with E-state index in [1.54, 1.807) is 0 Å². The average molecular weight is 573 g/mol. The lowest BCUT2D eigenvalue weighted by Crippen LogP contribution is -2.51. The third-order valence-corrected chi connectivity index (χ3v) is 6.50. The lowest BCUT2D eigenvalue weighted by molar-refractivity contribution is 0.134. The number of nitrogens with one attached hydrogen (secondary N) is 2. The molecule has 1 aliphatic heterocycles. The number of likely N-dealkylation sites (tertiary alicyclic amines) is 1. The SMILES string of the molecule is CN=C(NCc1cc(N(C)C)nc2ccccc12)NC1CCN(Cc2ccccc2)C(C)C1.I. The fourth-order valence-electron chi connectivity index (χ4n) is 4.58. The molecule has 1 aliphatic rings. The maximum absolute atomic E-state index is 4.77. The van der Waals surface area contributed by atoms with E-state index in [0.29, 0.717) is 18.6 Å². The summed E-state index contributed by atoms with van der Waals surface area (Å²) in [6.07, 6.45) is 2.22. The molecule has 34 heavy (non-hydrogen) atoms. The van der Waals surface area contributed by atoms with Crippen LogP contribution in [0.4, 0.5) is 5.82 Å². The minimum atomic E-state index is 0. The van der Waals surface area contributed by atoms with E-state index in [2.05, 4.69) is 82.0 Å². The molecule has 0 spiro atoms. The summed E-state index contributed by atoms with van der Waals surface area (Å²) >= 11 is 0. The standard InChI is InChI=1S/C27H36N6.HI/c1-20-16-23(14-15-33(20)19-21-10-6-5-7-11-21)30-27(28-2)29-18-22-17-26(32(3)4)31-25-13-9-8-12-24(22)25;/h5-13,17,20,23H,14-16,18-19H2,1-4H3,(H2,28,29,30);1H. The Hall–Kier alpha value is -2.39. The lowest BCUT2D eigenvalue weighted by Gasteiger charge is -2.38. The van der Waals surface area contributed by atoms with Crippen molar-refractivity contribution in [1.82, 2.24) is 20.5 Å². The van der Waals surface area contributed by atoms with Crippen molar-refractivity contribution < 1.29 is 0 Å². The maximum Gasteiger partial charge on any atom is 0.191 e. The van der Waals surface area contributed by atoms with Crippen LogP contribution in [0.3, 0.4) is 0 Å². The first kappa shape index (κ1) is 26.2. The molecule has 0 amide bonds. The Morgan fingerprint density at radius 3 is 2.56 bits per heavy atom. The number of anilines is 1. The van der Waals surface area contributed by atoms with E-state index in [-0.39, 0.29) is 24.0 Å².